The van der Waals surface area contributed by atoms with E-state index in [2.05, 4.69) is 118 Å². The Bertz CT molecular complexity index is 2860. The number of benzene rings is 7. The van der Waals surface area contributed by atoms with Gasteiger partial charge in [0.05, 0.1) is 38.9 Å². The van der Waals surface area contributed by atoms with Gasteiger partial charge < -0.3 is 9.13 Å². The zero-order valence-corrected chi connectivity index (χ0v) is 27.8. The van der Waals surface area contributed by atoms with Gasteiger partial charge in [0.2, 0.25) is 0 Å². The topological polar surface area (TPSA) is 72.3 Å². The van der Waals surface area contributed by atoms with Gasteiger partial charge in [0.1, 0.15) is 6.07 Å². The van der Waals surface area contributed by atoms with E-state index in [9.17, 15) is 5.26 Å². The second kappa shape index (κ2) is 11.9. The molecule has 0 unspecified atom stereocenters. The average Bonchev–Trinajstić information content (AvgIpc) is 3.74. The number of nitrogens with zero attached hydrogens (tertiary/aromatic N) is 6. The highest BCUT2D eigenvalue weighted by molar-refractivity contribution is 6.11. The molecule has 0 saturated carbocycles. The molecule has 0 aliphatic rings. The first-order valence-corrected chi connectivity index (χ1v) is 17.2. The lowest BCUT2D eigenvalue weighted by Gasteiger charge is -2.19. The van der Waals surface area contributed by atoms with E-state index in [-0.39, 0.29) is 0 Å². The van der Waals surface area contributed by atoms with Crippen LogP contribution >= 0.6 is 0 Å². The monoisotopic (exact) mass is 664 g/mol. The summed E-state index contributed by atoms with van der Waals surface area (Å²) in [7, 11) is 0. The van der Waals surface area contributed by atoms with E-state index >= 15 is 0 Å². The maximum atomic E-state index is 11.1. The van der Waals surface area contributed by atoms with Gasteiger partial charge in [-0.05, 0) is 36.4 Å². The van der Waals surface area contributed by atoms with Crippen molar-refractivity contribution in [3.8, 4) is 51.6 Å². The van der Waals surface area contributed by atoms with Crippen LogP contribution in [0.2, 0.25) is 0 Å². The van der Waals surface area contributed by atoms with Crippen LogP contribution in [0.5, 0.6) is 0 Å². The molecule has 6 nitrogen and oxygen atoms in total. The lowest BCUT2D eigenvalue weighted by molar-refractivity contribution is 1.06. The molecule has 0 spiro atoms. The molecule has 0 radical (unpaired) electrons. The summed E-state index contributed by atoms with van der Waals surface area (Å²) >= 11 is 0. The highest BCUT2D eigenvalue weighted by Crippen LogP contribution is 2.40. The van der Waals surface area contributed by atoms with Gasteiger partial charge >= 0.3 is 0 Å². The summed E-state index contributed by atoms with van der Waals surface area (Å²) in [6.07, 6.45) is 0. The Hall–Kier alpha value is -7.36. The molecular weight excluding hydrogens is 637 g/mol. The summed E-state index contributed by atoms with van der Waals surface area (Å²) in [4.78, 5) is 15.2. The summed E-state index contributed by atoms with van der Waals surface area (Å²) in [6, 6.07) is 60.3. The predicted octanol–water partition coefficient (Wildman–Crippen LogP) is 10.9. The zero-order chi connectivity index (χ0) is 34.6. The number of fused-ring (bicyclic) bond motifs is 6. The molecule has 3 aromatic heterocycles. The van der Waals surface area contributed by atoms with Gasteiger partial charge in [-0.25, -0.2) is 15.0 Å². The number of hydrogen-bond acceptors (Lipinski definition) is 4. The average molecular weight is 665 g/mol. The van der Waals surface area contributed by atoms with Crippen LogP contribution in [-0.4, -0.2) is 24.1 Å². The van der Waals surface area contributed by atoms with Crippen LogP contribution in [0.3, 0.4) is 0 Å². The van der Waals surface area contributed by atoms with E-state index in [0.717, 1.165) is 66.1 Å². The van der Waals surface area contributed by atoms with Crippen LogP contribution < -0.4 is 0 Å². The lowest BCUT2D eigenvalue weighted by Crippen LogP contribution is -2.07. The SMILES string of the molecule is N#Cc1cc(-n2c3ccccc3c3ccccc32)cc(-n2c3ccccc3c3ccccc32)c1-c1nc(-c2ccccc2)nc(-c2ccccc2)n1. The van der Waals surface area contributed by atoms with Crippen molar-refractivity contribution in [1.29, 1.82) is 5.26 Å². The molecule has 0 bridgehead atoms. The highest BCUT2D eigenvalue weighted by Gasteiger charge is 2.24. The summed E-state index contributed by atoms with van der Waals surface area (Å²) < 4.78 is 4.51. The van der Waals surface area contributed by atoms with Gasteiger partial charge in [0, 0.05) is 38.4 Å². The van der Waals surface area contributed by atoms with Crippen LogP contribution in [-0.2, 0) is 0 Å². The molecule has 0 aliphatic heterocycles. The number of hydrogen-bond donors (Lipinski definition) is 0. The number of para-hydroxylation sites is 4. The first-order valence-electron chi connectivity index (χ1n) is 17.2. The van der Waals surface area contributed by atoms with Crippen LogP contribution in [0.15, 0.2) is 170 Å². The molecule has 0 N–H and O–H groups in total. The van der Waals surface area contributed by atoms with Gasteiger partial charge in [-0.15, -0.1) is 0 Å². The summed E-state index contributed by atoms with van der Waals surface area (Å²) in [5.41, 5.74) is 8.66. The Labute approximate surface area is 299 Å². The third-order valence-electron chi connectivity index (χ3n) is 9.81. The molecule has 10 aromatic rings. The minimum atomic E-state index is 0.426. The molecule has 0 fully saturated rings. The molecule has 3 heterocycles. The van der Waals surface area contributed by atoms with Gasteiger partial charge in [0.15, 0.2) is 17.5 Å². The molecule has 0 aliphatic carbocycles. The zero-order valence-electron chi connectivity index (χ0n) is 27.8. The van der Waals surface area contributed by atoms with Crippen molar-refractivity contribution in [3.05, 3.63) is 175 Å². The van der Waals surface area contributed by atoms with Gasteiger partial charge in [0.25, 0.3) is 0 Å². The molecule has 7 aromatic carbocycles. The van der Waals surface area contributed by atoms with E-state index < -0.39 is 0 Å². The quantitative estimate of drug-likeness (QED) is 0.184. The van der Waals surface area contributed by atoms with E-state index in [1.165, 1.54) is 0 Å². The van der Waals surface area contributed by atoms with E-state index in [0.29, 0.717) is 28.6 Å². The molecule has 10 rings (SSSR count). The van der Waals surface area contributed by atoms with Gasteiger partial charge in [-0.1, -0.05) is 133 Å². The normalized spacial score (nSPS) is 11.4. The fourth-order valence-electron chi connectivity index (χ4n) is 7.54. The standard InChI is InChI=1S/C46H28N6/c47-29-32-27-33(51-38-23-11-7-19-34(38)35-20-8-12-24-39(35)51)28-42(52-40-25-13-9-21-36(40)37-22-10-14-26-41(37)52)43(32)46-49-44(30-15-3-1-4-16-30)48-45(50-46)31-17-5-2-6-18-31/h1-28H. The third-order valence-corrected chi connectivity index (χ3v) is 9.81. The first kappa shape index (κ1) is 29.5. The van der Waals surface area contributed by atoms with Gasteiger partial charge in [-0.3, -0.25) is 0 Å². The van der Waals surface area contributed by atoms with E-state index in [1.54, 1.807) is 0 Å². The second-order valence-electron chi connectivity index (χ2n) is 12.8. The Kier molecular flexibility index (Phi) is 6.76. The molecule has 0 saturated heterocycles. The van der Waals surface area contributed by atoms with Crippen molar-refractivity contribution in [1.82, 2.24) is 24.1 Å². The molecule has 52 heavy (non-hydrogen) atoms. The van der Waals surface area contributed by atoms with Crippen LogP contribution in [0.1, 0.15) is 5.56 Å². The molecule has 6 heteroatoms. The number of rotatable bonds is 5. The fraction of sp³-hybridized carbons (Fsp3) is 0. The third kappa shape index (κ3) is 4.61. The van der Waals surface area contributed by atoms with E-state index in [1.807, 2.05) is 66.7 Å². The second-order valence-corrected chi connectivity index (χ2v) is 12.8. The molecule has 0 atom stereocenters. The van der Waals surface area contributed by atoms with Gasteiger partial charge in [-0.2, -0.15) is 5.26 Å². The van der Waals surface area contributed by atoms with Crippen molar-refractivity contribution in [2.45, 2.75) is 0 Å². The molecule has 0 amide bonds. The van der Waals surface area contributed by atoms with E-state index in [4.69, 9.17) is 15.0 Å². The maximum absolute atomic E-state index is 11.1. The Balaban J connectivity index is 1.36. The fourth-order valence-corrected chi connectivity index (χ4v) is 7.54. The largest absolute Gasteiger partial charge is 0.309 e. The summed E-state index contributed by atoms with van der Waals surface area (Å²) in [5.74, 6) is 1.50. The summed E-state index contributed by atoms with van der Waals surface area (Å²) in [5, 5.41) is 15.7. The minimum Gasteiger partial charge on any atom is -0.309 e. The van der Waals surface area contributed by atoms with Crippen LogP contribution in [0, 0.1) is 11.3 Å². The Morgan fingerprint density at radius 3 is 1.23 bits per heavy atom. The van der Waals surface area contributed by atoms with Crippen molar-refractivity contribution >= 4 is 43.6 Å². The number of aromatic nitrogens is 5. The first-order chi connectivity index (χ1) is 25.8. The minimum absolute atomic E-state index is 0.426. The molecular formula is C46H28N6. The van der Waals surface area contributed by atoms with Crippen molar-refractivity contribution < 1.29 is 0 Å². The highest BCUT2D eigenvalue weighted by atomic mass is 15.1. The lowest BCUT2D eigenvalue weighted by atomic mass is 10.0. The Morgan fingerprint density at radius 1 is 0.404 bits per heavy atom. The maximum Gasteiger partial charge on any atom is 0.167 e. The molecule has 242 valence electrons. The van der Waals surface area contributed by atoms with Crippen molar-refractivity contribution in [2.24, 2.45) is 0 Å². The van der Waals surface area contributed by atoms with Crippen molar-refractivity contribution in [2.75, 3.05) is 0 Å². The Morgan fingerprint density at radius 2 is 0.788 bits per heavy atom. The summed E-state index contributed by atoms with van der Waals surface area (Å²) in [6.45, 7) is 0. The number of nitriles is 1. The predicted molar refractivity (Wildman–Crippen MR) is 210 cm³/mol. The van der Waals surface area contributed by atoms with Crippen LogP contribution in [0.4, 0.5) is 0 Å². The van der Waals surface area contributed by atoms with Crippen molar-refractivity contribution in [3.63, 3.8) is 0 Å². The smallest absolute Gasteiger partial charge is 0.167 e. The van der Waals surface area contributed by atoms with Crippen LogP contribution in [0.25, 0.3) is 89.2 Å².